The quantitative estimate of drug-likeness (QED) is 0.896. The third-order valence-electron chi connectivity index (χ3n) is 5.93. The lowest BCUT2D eigenvalue weighted by atomic mass is 9.69. The highest BCUT2D eigenvalue weighted by Crippen LogP contribution is 2.42. The number of carbonyl (C=O) groups excluding carboxylic acids is 1. The van der Waals surface area contributed by atoms with Gasteiger partial charge < -0.3 is 24.4 Å². The number of benzene rings is 1. The molecule has 0 saturated carbocycles. The van der Waals surface area contributed by atoms with Crippen molar-refractivity contribution >= 4 is 5.91 Å². The van der Waals surface area contributed by atoms with Crippen LogP contribution in [0.4, 0.5) is 0 Å². The molecule has 1 aromatic carbocycles. The number of rotatable bonds is 4. The Balaban J connectivity index is 1.85. The lowest BCUT2D eigenvalue weighted by molar-refractivity contribution is -0.0601. The number of methoxy groups -OCH3 is 2. The first-order chi connectivity index (χ1) is 12.1. The average molecular weight is 348 g/mol. The van der Waals surface area contributed by atoms with Gasteiger partial charge in [-0.15, -0.1) is 0 Å². The molecular weight excluding hydrogens is 320 g/mol. The molecule has 0 radical (unpaired) electrons. The van der Waals surface area contributed by atoms with E-state index < -0.39 is 0 Å². The molecule has 1 N–H and O–H groups in total. The van der Waals surface area contributed by atoms with Crippen molar-refractivity contribution in [3.8, 4) is 11.5 Å². The van der Waals surface area contributed by atoms with Crippen molar-refractivity contribution < 1.29 is 19.4 Å². The normalized spacial score (nSPS) is 26.9. The summed E-state index contributed by atoms with van der Waals surface area (Å²) < 4.78 is 10.7. The highest BCUT2D eigenvalue weighted by molar-refractivity contribution is 5.98. The summed E-state index contributed by atoms with van der Waals surface area (Å²) >= 11 is 0. The summed E-state index contributed by atoms with van der Waals surface area (Å²) in [6.45, 7) is 2.49. The van der Waals surface area contributed by atoms with Gasteiger partial charge in [-0.2, -0.15) is 0 Å². The molecule has 2 aliphatic rings. The van der Waals surface area contributed by atoms with Crippen LogP contribution in [0.3, 0.4) is 0 Å². The number of fused-ring (bicyclic) bond motifs is 1. The van der Waals surface area contributed by atoms with Crippen LogP contribution in [-0.2, 0) is 0 Å². The first-order valence-electron chi connectivity index (χ1n) is 8.87. The molecule has 1 aromatic rings. The smallest absolute Gasteiger partial charge is 0.257 e. The summed E-state index contributed by atoms with van der Waals surface area (Å²) in [4.78, 5) is 17.3. The van der Waals surface area contributed by atoms with Gasteiger partial charge in [-0.25, -0.2) is 0 Å². The Labute approximate surface area is 149 Å². The van der Waals surface area contributed by atoms with Crippen LogP contribution in [0, 0.1) is 5.41 Å². The van der Waals surface area contributed by atoms with Gasteiger partial charge in [-0.1, -0.05) is 6.07 Å². The molecule has 3 rings (SSSR count). The molecule has 138 valence electrons. The maximum absolute atomic E-state index is 13.1. The molecule has 25 heavy (non-hydrogen) atoms. The van der Waals surface area contributed by atoms with Gasteiger partial charge in [0.25, 0.3) is 5.91 Å². The lowest BCUT2D eigenvalue weighted by Crippen LogP contribution is -2.62. The van der Waals surface area contributed by atoms with E-state index in [1.165, 1.54) is 0 Å². The zero-order valence-corrected chi connectivity index (χ0v) is 15.3. The number of nitrogens with zero attached hydrogens (tertiary/aromatic N) is 2. The molecule has 0 unspecified atom stereocenters. The van der Waals surface area contributed by atoms with Crippen molar-refractivity contribution in [3.05, 3.63) is 23.8 Å². The van der Waals surface area contributed by atoms with Crippen molar-refractivity contribution in [2.24, 2.45) is 5.41 Å². The number of likely N-dealkylation sites (N-methyl/N-ethyl adjacent to an activating group) is 1. The van der Waals surface area contributed by atoms with Crippen molar-refractivity contribution in [2.45, 2.75) is 25.3 Å². The fraction of sp³-hybridized carbons (Fsp3) is 0.632. The van der Waals surface area contributed by atoms with Crippen LogP contribution >= 0.6 is 0 Å². The molecule has 2 saturated heterocycles. The molecule has 2 fully saturated rings. The van der Waals surface area contributed by atoms with E-state index in [2.05, 4.69) is 11.9 Å². The lowest BCUT2D eigenvalue weighted by Gasteiger charge is -2.53. The fourth-order valence-corrected chi connectivity index (χ4v) is 4.43. The monoisotopic (exact) mass is 348 g/mol. The minimum atomic E-state index is -0.0811. The van der Waals surface area contributed by atoms with Gasteiger partial charge in [-0.05, 0) is 45.0 Å². The second-order valence-electron chi connectivity index (χ2n) is 7.16. The van der Waals surface area contributed by atoms with E-state index in [-0.39, 0.29) is 24.0 Å². The minimum absolute atomic E-state index is 0.0405. The first kappa shape index (κ1) is 18.0. The molecule has 2 heterocycles. The Hall–Kier alpha value is -1.79. The van der Waals surface area contributed by atoms with E-state index in [0.29, 0.717) is 30.2 Å². The molecule has 1 amide bonds. The van der Waals surface area contributed by atoms with Gasteiger partial charge in [-0.3, -0.25) is 4.79 Å². The molecule has 2 aliphatic heterocycles. The second kappa shape index (κ2) is 7.22. The van der Waals surface area contributed by atoms with E-state index in [0.717, 1.165) is 25.8 Å². The maximum atomic E-state index is 13.1. The summed E-state index contributed by atoms with van der Waals surface area (Å²) in [5.74, 6) is 0.997. The van der Waals surface area contributed by atoms with E-state index in [9.17, 15) is 9.90 Å². The predicted molar refractivity (Wildman–Crippen MR) is 95.2 cm³/mol. The standard InChI is InChI=1S/C19H28N2O4/c1-20-10-5-8-19(13-22)9-11-21(12-16(19)20)18(23)14-6-4-7-15(24-2)17(14)25-3/h4,6-7,16,22H,5,8-13H2,1-3H3/t16-,19-/m1/s1. The van der Waals surface area contributed by atoms with Crippen molar-refractivity contribution in [3.63, 3.8) is 0 Å². The molecule has 0 spiro atoms. The van der Waals surface area contributed by atoms with Crippen molar-refractivity contribution in [1.82, 2.24) is 9.80 Å². The van der Waals surface area contributed by atoms with Crippen LogP contribution < -0.4 is 9.47 Å². The van der Waals surface area contributed by atoms with Gasteiger partial charge in [0.2, 0.25) is 0 Å². The van der Waals surface area contributed by atoms with Gasteiger partial charge in [0.1, 0.15) is 0 Å². The summed E-state index contributed by atoms with van der Waals surface area (Å²) in [5, 5.41) is 10.0. The predicted octanol–water partition coefficient (Wildman–Crippen LogP) is 1.62. The van der Waals surface area contributed by atoms with E-state index in [1.54, 1.807) is 26.4 Å². The third-order valence-corrected chi connectivity index (χ3v) is 5.93. The average Bonchev–Trinajstić information content (AvgIpc) is 2.66. The summed E-state index contributed by atoms with van der Waals surface area (Å²) in [5.41, 5.74) is 0.444. The number of amides is 1. The van der Waals surface area contributed by atoms with Crippen LogP contribution in [0.15, 0.2) is 18.2 Å². The van der Waals surface area contributed by atoms with Crippen LogP contribution in [-0.4, -0.2) is 74.4 Å². The zero-order valence-electron chi connectivity index (χ0n) is 15.3. The van der Waals surface area contributed by atoms with Crippen molar-refractivity contribution in [1.29, 1.82) is 0 Å². The Morgan fingerprint density at radius 3 is 2.76 bits per heavy atom. The highest BCUT2D eigenvalue weighted by atomic mass is 16.5. The number of hydrogen-bond acceptors (Lipinski definition) is 5. The SMILES string of the molecule is COc1cccc(C(=O)N2CC[C@@]3(CO)CCCN(C)[C@@H]3C2)c1OC. The van der Waals surface area contributed by atoms with Gasteiger partial charge >= 0.3 is 0 Å². The van der Waals surface area contributed by atoms with Crippen molar-refractivity contribution in [2.75, 3.05) is 47.5 Å². The summed E-state index contributed by atoms with van der Waals surface area (Å²) in [6, 6.07) is 5.57. The summed E-state index contributed by atoms with van der Waals surface area (Å²) in [6.07, 6.45) is 2.96. The van der Waals surface area contributed by atoms with E-state index in [1.807, 2.05) is 11.0 Å². The van der Waals surface area contributed by atoms with Crippen LogP contribution in [0.25, 0.3) is 0 Å². The van der Waals surface area contributed by atoms with E-state index >= 15 is 0 Å². The number of para-hydroxylation sites is 1. The largest absolute Gasteiger partial charge is 0.493 e. The zero-order chi connectivity index (χ0) is 18.0. The van der Waals surface area contributed by atoms with Gasteiger partial charge in [0.15, 0.2) is 11.5 Å². The Kier molecular flexibility index (Phi) is 5.20. The molecule has 6 heteroatoms. The van der Waals surface area contributed by atoms with Gasteiger partial charge in [0.05, 0.1) is 26.4 Å². The number of aliphatic hydroxyl groups is 1. The third kappa shape index (κ3) is 3.09. The second-order valence-corrected chi connectivity index (χ2v) is 7.16. The Morgan fingerprint density at radius 1 is 1.28 bits per heavy atom. The molecular formula is C19H28N2O4. The maximum Gasteiger partial charge on any atom is 0.257 e. The number of likely N-dealkylation sites (tertiary alicyclic amines) is 2. The molecule has 0 aromatic heterocycles. The molecule has 0 aliphatic carbocycles. The Bertz CT molecular complexity index is 636. The summed E-state index contributed by atoms with van der Waals surface area (Å²) in [7, 11) is 5.21. The van der Waals surface area contributed by atoms with Crippen LogP contribution in [0.5, 0.6) is 11.5 Å². The highest BCUT2D eigenvalue weighted by Gasteiger charge is 2.47. The number of carbonyl (C=O) groups is 1. The first-order valence-corrected chi connectivity index (χ1v) is 8.87. The number of aliphatic hydroxyl groups excluding tert-OH is 1. The molecule has 2 atom stereocenters. The van der Waals surface area contributed by atoms with Gasteiger partial charge in [0, 0.05) is 24.5 Å². The van der Waals surface area contributed by atoms with E-state index in [4.69, 9.17) is 9.47 Å². The number of ether oxygens (including phenoxy) is 2. The number of hydrogen-bond donors (Lipinski definition) is 1. The van der Waals surface area contributed by atoms with Crippen LogP contribution in [0.2, 0.25) is 0 Å². The Morgan fingerprint density at radius 2 is 2.08 bits per heavy atom. The fourth-order valence-electron chi connectivity index (χ4n) is 4.43. The molecule has 6 nitrogen and oxygen atoms in total. The minimum Gasteiger partial charge on any atom is -0.493 e. The number of piperidine rings is 2. The molecule has 0 bridgehead atoms. The van der Waals surface area contributed by atoms with Crippen LogP contribution in [0.1, 0.15) is 29.6 Å². The topological polar surface area (TPSA) is 62.2 Å².